The van der Waals surface area contributed by atoms with Crippen LogP contribution in [-0.4, -0.2) is 60.1 Å². The molecule has 0 spiro atoms. The largest absolute Gasteiger partial charge is 0.385 e. The summed E-state index contributed by atoms with van der Waals surface area (Å²) in [6.45, 7) is 1.32. The molecule has 2 N–H and O–H groups in total. The first-order valence-corrected chi connectivity index (χ1v) is 13.1. The molecule has 4 rings (SSSR count). The number of benzene rings is 3. The van der Waals surface area contributed by atoms with Crippen molar-refractivity contribution in [3.63, 3.8) is 0 Å². The molecule has 0 aliphatic rings. The van der Waals surface area contributed by atoms with Gasteiger partial charge in [-0.05, 0) is 66.4 Å². The van der Waals surface area contributed by atoms with Crippen LogP contribution in [0.3, 0.4) is 0 Å². The van der Waals surface area contributed by atoms with Crippen LogP contribution in [0.2, 0.25) is 0 Å². The van der Waals surface area contributed by atoms with Crippen LogP contribution in [0.4, 0.5) is 14.9 Å². The fourth-order valence-corrected chi connectivity index (χ4v) is 4.44. The summed E-state index contributed by atoms with van der Waals surface area (Å²) in [4.78, 5) is 33.3. The van der Waals surface area contributed by atoms with Crippen LogP contribution >= 0.6 is 0 Å². The molecule has 40 heavy (non-hydrogen) atoms. The zero-order valence-electron chi connectivity index (χ0n) is 22.4. The number of carbonyl (C=O) groups is 2. The van der Waals surface area contributed by atoms with E-state index in [4.69, 9.17) is 10.00 Å². The number of nitriles is 1. The van der Waals surface area contributed by atoms with E-state index in [0.29, 0.717) is 43.8 Å². The topological polar surface area (TPSA) is 101 Å². The van der Waals surface area contributed by atoms with Crippen molar-refractivity contribution in [1.29, 1.82) is 5.26 Å². The Morgan fingerprint density at radius 3 is 2.48 bits per heavy atom. The number of methoxy groups -OCH3 is 1. The Balaban J connectivity index is 1.50. The van der Waals surface area contributed by atoms with Crippen molar-refractivity contribution in [2.24, 2.45) is 0 Å². The number of urea groups is 1. The highest BCUT2D eigenvalue weighted by Gasteiger charge is 2.22. The zero-order valence-corrected chi connectivity index (χ0v) is 22.4. The van der Waals surface area contributed by atoms with Crippen LogP contribution in [-0.2, 0) is 22.5 Å². The first kappa shape index (κ1) is 28.3. The Bertz CT molecular complexity index is 1460. The van der Waals surface area contributed by atoms with Gasteiger partial charge in [0.25, 0.3) is 0 Å². The summed E-state index contributed by atoms with van der Waals surface area (Å²) in [5, 5.41) is 12.9. The van der Waals surface area contributed by atoms with E-state index in [2.05, 4.69) is 10.3 Å². The molecule has 0 fully saturated rings. The number of aromatic amines is 1. The fraction of sp³-hybridized carbons (Fsp3) is 0.258. The first-order chi connectivity index (χ1) is 19.5. The van der Waals surface area contributed by atoms with Crippen LogP contribution in [0, 0.1) is 17.1 Å². The number of hydrogen-bond donors (Lipinski definition) is 2. The molecule has 3 aromatic carbocycles. The van der Waals surface area contributed by atoms with Gasteiger partial charge in [0.05, 0.1) is 11.6 Å². The molecule has 0 atom stereocenters. The monoisotopic (exact) mass is 541 g/mol. The van der Waals surface area contributed by atoms with Gasteiger partial charge < -0.3 is 24.8 Å². The van der Waals surface area contributed by atoms with Gasteiger partial charge in [0.2, 0.25) is 5.91 Å². The summed E-state index contributed by atoms with van der Waals surface area (Å²) < 4.78 is 18.7. The third-order valence-corrected chi connectivity index (χ3v) is 6.62. The number of nitrogens with one attached hydrogen (secondary N) is 2. The maximum Gasteiger partial charge on any atom is 0.322 e. The van der Waals surface area contributed by atoms with E-state index in [1.807, 2.05) is 36.5 Å². The number of hydrogen-bond acceptors (Lipinski definition) is 4. The SMILES string of the molecule is COCCCN(CC(=O)N(CCc1c[nH]c2ccccc12)Cc1ccc(F)cc1)C(=O)Nc1ccc(C#N)cc1. The lowest BCUT2D eigenvalue weighted by molar-refractivity contribution is -0.132. The highest BCUT2D eigenvalue weighted by Crippen LogP contribution is 2.19. The third-order valence-electron chi connectivity index (χ3n) is 6.62. The number of nitrogens with zero attached hydrogens (tertiary/aromatic N) is 3. The number of fused-ring (bicyclic) bond motifs is 1. The van der Waals surface area contributed by atoms with Gasteiger partial charge in [-0.2, -0.15) is 5.26 Å². The van der Waals surface area contributed by atoms with Gasteiger partial charge in [-0.3, -0.25) is 4.79 Å². The molecule has 206 valence electrons. The second-order valence-electron chi connectivity index (χ2n) is 9.44. The molecule has 0 saturated carbocycles. The van der Waals surface area contributed by atoms with Crippen LogP contribution in [0.15, 0.2) is 79.0 Å². The van der Waals surface area contributed by atoms with Crippen LogP contribution < -0.4 is 5.32 Å². The molecule has 1 heterocycles. The number of amides is 3. The first-order valence-electron chi connectivity index (χ1n) is 13.1. The number of rotatable bonds is 12. The second kappa shape index (κ2) is 13.9. The van der Waals surface area contributed by atoms with E-state index in [-0.39, 0.29) is 24.8 Å². The van der Waals surface area contributed by atoms with E-state index < -0.39 is 6.03 Å². The number of aromatic nitrogens is 1. The van der Waals surface area contributed by atoms with Crippen molar-refractivity contribution in [2.45, 2.75) is 19.4 Å². The third kappa shape index (κ3) is 7.68. The van der Waals surface area contributed by atoms with Gasteiger partial charge in [0, 0.05) is 56.1 Å². The van der Waals surface area contributed by atoms with Gasteiger partial charge in [0.1, 0.15) is 12.4 Å². The molecule has 0 aliphatic carbocycles. The Morgan fingerprint density at radius 2 is 1.75 bits per heavy atom. The van der Waals surface area contributed by atoms with Crippen molar-refractivity contribution in [1.82, 2.24) is 14.8 Å². The number of carbonyl (C=O) groups excluding carboxylic acids is 2. The fourth-order valence-electron chi connectivity index (χ4n) is 4.44. The lowest BCUT2D eigenvalue weighted by Gasteiger charge is -2.28. The zero-order chi connectivity index (χ0) is 28.3. The molecule has 0 bridgehead atoms. The van der Waals surface area contributed by atoms with E-state index >= 15 is 0 Å². The Morgan fingerprint density at radius 1 is 1.00 bits per heavy atom. The van der Waals surface area contributed by atoms with Gasteiger partial charge >= 0.3 is 6.03 Å². The minimum absolute atomic E-state index is 0.138. The normalized spacial score (nSPS) is 10.7. The Kier molecular flexibility index (Phi) is 9.86. The molecular formula is C31H32FN5O3. The highest BCUT2D eigenvalue weighted by atomic mass is 19.1. The minimum atomic E-state index is -0.424. The van der Waals surface area contributed by atoms with Crippen molar-refractivity contribution in [3.8, 4) is 6.07 Å². The van der Waals surface area contributed by atoms with Crippen molar-refractivity contribution in [2.75, 3.05) is 38.7 Å². The summed E-state index contributed by atoms with van der Waals surface area (Å²) in [5.74, 6) is -0.569. The summed E-state index contributed by atoms with van der Waals surface area (Å²) in [6, 6.07) is 22.2. The molecule has 4 aromatic rings. The minimum Gasteiger partial charge on any atom is -0.385 e. The van der Waals surface area contributed by atoms with Crippen molar-refractivity contribution >= 4 is 28.5 Å². The summed E-state index contributed by atoms with van der Waals surface area (Å²) in [6.07, 6.45) is 3.11. The average Bonchev–Trinajstić information content (AvgIpc) is 3.39. The molecule has 3 amide bonds. The standard InChI is InChI=1S/C31H32FN5O3/c1-40-18-4-16-37(31(39)35-27-13-9-23(19-33)10-14-27)22-30(38)36(21-24-7-11-26(32)12-8-24)17-15-25-20-34-29-6-3-2-5-28(25)29/h2-3,5-14,20,34H,4,15-18,21-22H2,1H3,(H,35,39). The number of halogens is 1. The molecule has 0 aliphatic heterocycles. The van der Waals surface area contributed by atoms with E-state index in [9.17, 15) is 14.0 Å². The number of anilines is 1. The predicted octanol–water partition coefficient (Wildman–Crippen LogP) is 5.32. The summed E-state index contributed by atoms with van der Waals surface area (Å²) in [7, 11) is 1.58. The molecule has 0 saturated heterocycles. The molecule has 1 aromatic heterocycles. The van der Waals surface area contributed by atoms with Gasteiger partial charge in [-0.1, -0.05) is 30.3 Å². The van der Waals surface area contributed by atoms with Gasteiger partial charge in [0.15, 0.2) is 0 Å². The van der Waals surface area contributed by atoms with E-state index in [1.54, 1.807) is 48.4 Å². The Labute approximate surface area is 233 Å². The quantitative estimate of drug-likeness (QED) is 0.237. The van der Waals surface area contributed by atoms with E-state index in [1.165, 1.54) is 17.0 Å². The lowest BCUT2D eigenvalue weighted by Crippen LogP contribution is -2.45. The summed E-state index contributed by atoms with van der Waals surface area (Å²) in [5.41, 5.74) is 3.91. The second-order valence-corrected chi connectivity index (χ2v) is 9.44. The summed E-state index contributed by atoms with van der Waals surface area (Å²) >= 11 is 0. The van der Waals surface area contributed by atoms with Crippen molar-refractivity contribution in [3.05, 3.63) is 102 Å². The number of ether oxygens (including phenoxy) is 1. The van der Waals surface area contributed by atoms with Crippen LogP contribution in [0.5, 0.6) is 0 Å². The molecule has 0 radical (unpaired) electrons. The van der Waals surface area contributed by atoms with Crippen LogP contribution in [0.1, 0.15) is 23.1 Å². The number of para-hydroxylation sites is 1. The predicted molar refractivity (Wildman–Crippen MR) is 152 cm³/mol. The smallest absolute Gasteiger partial charge is 0.322 e. The molecule has 8 nitrogen and oxygen atoms in total. The Hall–Kier alpha value is -4.68. The van der Waals surface area contributed by atoms with E-state index in [0.717, 1.165) is 22.0 Å². The maximum atomic E-state index is 13.7. The van der Waals surface area contributed by atoms with Gasteiger partial charge in [-0.25, -0.2) is 9.18 Å². The maximum absolute atomic E-state index is 13.7. The average molecular weight is 542 g/mol. The number of H-pyrrole nitrogens is 1. The molecule has 9 heteroatoms. The lowest BCUT2D eigenvalue weighted by atomic mass is 10.1. The van der Waals surface area contributed by atoms with Crippen molar-refractivity contribution < 1.29 is 18.7 Å². The highest BCUT2D eigenvalue weighted by molar-refractivity contribution is 5.92. The van der Waals surface area contributed by atoms with Gasteiger partial charge in [-0.15, -0.1) is 0 Å². The molecular weight excluding hydrogens is 509 g/mol. The molecule has 0 unspecified atom stereocenters. The van der Waals surface area contributed by atoms with Crippen LogP contribution in [0.25, 0.3) is 10.9 Å².